The summed E-state index contributed by atoms with van der Waals surface area (Å²) < 4.78 is 19.9. The molecule has 0 spiro atoms. The molecule has 0 atom stereocenters. The van der Waals surface area contributed by atoms with Gasteiger partial charge in [-0.25, -0.2) is 9.18 Å². The van der Waals surface area contributed by atoms with E-state index in [0.29, 0.717) is 4.47 Å². The number of nitrogens with zero attached hydrogens (tertiary/aromatic N) is 2. The summed E-state index contributed by atoms with van der Waals surface area (Å²) in [6.07, 6.45) is 1.48. The number of carbonyl (C=O) groups is 1. The molecule has 0 radical (unpaired) electrons. The minimum atomic E-state index is -1.03. The van der Waals surface area contributed by atoms with Gasteiger partial charge in [0.15, 0.2) is 0 Å². The highest BCUT2D eigenvalue weighted by molar-refractivity contribution is 9.10. The summed E-state index contributed by atoms with van der Waals surface area (Å²) in [5.74, 6) is -0.528. The van der Waals surface area contributed by atoms with Crippen LogP contribution in [0.2, 0.25) is 0 Å². The molecule has 0 aliphatic heterocycles. The summed E-state index contributed by atoms with van der Waals surface area (Å²) in [7, 11) is 0. The minimum Gasteiger partial charge on any atom is -0.444 e. The van der Waals surface area contributed by atoms with E-state index in [1.807, 2.05) is 6.92 Å². The van der Waals surface area contributed by atoms with Gasteiger partial charge in [0.1, 0.15) is 16.8 Å². The van der Waals surface area contributed by atoms with E-state index in [-0.39, 0.29) is 18.5 Å². The van der Waals surface area contributed by atoms with Gasteiger partial charge in [-0.2, -0.15) is 5.26 Å². The number of ether oxygens (including phenoxy) is 1. The lowest BCUT2D eigenvalue weighted by Crippen LogP contribution is -2.62. The number of amides is 1. The van der Waals surface area contributed by atoms with Gasteiger partial charge in [0.05, 0.1) is 11.8 Å². The molecular weight excluding hydrogens is 365 g/mol. The minimum absolute atomic E-state index is 0.117. The highest BCUT2D eigenvalue weighted by Crippen LogP contribution is 2.50. The van der Waals surface area contributed by atoms with E-state index >= 15 is 0 Å². The second kappa shape index (κ2) is 5.75. The first kappa shape index (κ1) is 17.7. The molecule has 0 saturated heterocycles. The van der Waals surface area contributed by atoms with Crippen molar-refractivity contribution in [2.24, 2.45) is 0 Å². The van der Waals surface area contributed by atoms with Crippen LogP contribution in [0.3, 0.4) is 0 Å². The first-order chi connectivity index (χ1) is 10.5. The lowest BCUT2D eigenvalue weighted by atomic mass is 9.57. The fourth-order valence-electron chi connectivity index (χ4n) is 2.98. The van der Waals surface area contributed by atoms with Crippen LogP contribution < -0.4 is 5.32 Å². The third-order valence-electron chi connectivity index (χ3n) is 3.66. The standard InChI is InChI=1S/C16H19BrFN3O2/c1-14(2,3)23-13(22)21-15(4)7-16(8-15,9-19)12-11(18)5-10(17)6-20-12/h5-6H,7-8H2,1-4H3,(H,21,22). The quantitative estimate of drug-likeness (QED) is 0.841. The third kappa shape index (κ3) is 3.81. The SMILES string of the molecule is CC1(NC(=O)OC(C)(C)C)CC(C#N)(c2ncc(Br)cc2F)C1. The number of rotatable bonds is 2. The Morgan fingerprint density at radius 2 is 2.13 bits per heavy atom. The molecule has 1 aliphatic carbocycles. The summed E-state index contributed by atoms with van der Waals surface area (Å²) in [5, 5.41) is 12.3. The number of aromatic nitrogens is 1. The van der Waals surface area contributed by atoms with Crippen molar-refractivity contribution in [2.45, 2.75) is 57.1 Å². The number of nitriles is 1. The van der Waals surface area contributed by atoms with E-state index in [0.717, 1.165) is 0 Å². The highest BCUT2D eigenvalue weighted by Gasteiger charge is 2.56. The summed E-state index contributed by atoms with van der Waals surface area (Å²) in [6.45, 7) is 7.13. The number of halogens is 2. The van der Waals surface area contributed by atoms with Crippen molar-refractivity contribution >= 4 is 22.0 Å². The summed E-state index contributed by atoms with van der Waals surface area (Å²) in [6, 6.07) is 3.45. The van der Waals surface area contributed by atoms with E-state index in [1.54, 1.807) is 20.8 Å². The topological polar surface area (TPSA) is 75.0 Å². The Balaban J connectivity index is 2.13. The molecule has 1 aliphatic rings. The zero-order valence-electron chi connectivity index (χ0n) is 13.5. The first-order valence-corrected chi connectivity index (χ1v) is 8.02. The van der Waals surface area contributed by atoms with Crippen LogP contribution >= 0.6 is 15.9 Å². The second-order valence-corrected chi connectivity index (χ2v) is 8.13. The monoisotopic (exact) mass is 383 g/mol. The van der Waals surface area contributed by atoms with Gasteiger partial charge < -0.3 is 10.1 Å². The summed E-state index contributed by atoms with van der Waals surface area (Å²) in [5.41, 5.74) is -2.14. The maximum absolute atomic E-state index is 14.1. The molecular formula is C16H19BrFN3O2. The molecule has 1 heterocycles. The van der Waals surface area contributed by atoms with E-state index in [2.05, 4.69) is 32.3 Å². The van der Waals surface area contributed by atoms with Crippen molar-refractivity contribution in [1.29, 1.82) is 5.26 Å². The number of pyridine rings is 1. The van der Waals surface area contributed by atoms with Crippen molar-refractivity contribution in [1.82, 2.24) is 10.3 Å². The van der Waals surface area contributed by atoms with Gasteiger partial charge in [-0.1, -0.05) is 0 Å². The van der Waals surface area contributed by atoms with Crippen molar-refractivity contribution in [3.8, 4) is 6.07 Å². The normalized spacial score (nSPS) is 26.8. The molecule has 1 aromatic rings. The van der Waals surface area contributed by atoms with E-state index in [4.69, 9.17) is 4.74 Å². The Hall–Kier alpha value is -1.68. The molecule has 1 fully saturated rings. The van der Waals surface area contributed by atoms with Gasteiger partial charge in [-0.15, -0.1) is 0 Å². The molecule has 7 heteroatoms. The fraction of sp³-hybridized carbons (Fsp3) is 0.562. The van der Waals surface area contributed by atoms with Crippen LogP contribution in [0.15, 0.2) is 16.7 Å². The van der Waals surface area contributed by atoms with Gasteiger partial charge >= 0.3 is 6.09 Å². The Morgan fingerprint density at radius 1 is 1.52 bits per heavy atom. The lowest BCUT2D eigenvalue weighted by Gasteiger charge is -2.50. The van der Waals surface area contributed by atoms with Gasteiger partial charge in [0.2, 0.25) is 0 Å². The highest BCUT2D eigenvalue weighted by atomic mass is 79.9. The largest absolute Gasteiger partial charge is 0.444 e. The van der Waals surface area contributed by atoms with Gasteiger partial charge in [-0.3, -0.25) is 4.98 Å². The van der Waals surface area contributed by atoms with Gasteiger partial charge in [-0.05, 0) is 62.5 Å². The Morgan fingerprint density at radius 3 is 2.61 bits per heavy atom. The van der Waals surface area contributed by atoms with Crippen LogP contribution in [0.4, 0.5) is 9.18 Å². The van der Waals surface area contributed by atoms with Gasteiger partial charge in [0, 0.05) is 16.2 Å². The number of hydrogen-bond acceptors (Lipinski definition) is 4. The molecule has 23 heavy (non-hydrogen) atoms. The maximum Gasteiger partial charge on any atom is 0.408 e. The Bertz CT molecular complexity index is 673. The van der Waals surface area contributed by atoms with Crippen molar-refractivity contribution in [3.63, 3.8) is 0 Å². The first-order valence-electron chi connectivity index (χ1n) is 7.23. The molecule has 1 aromatic heterocycles. The lowest BCUT2D eigenvalue weighted by molar-refractivity contribution is 0.0323. The molecule has 124 valence electrons. The summed E-state index contributed by atoms with van der Waals surface area (Å²) in [4.78, 5) is 16.0. The van der Waals surface area contributed by atoms with Crippen molar-refractivity contribution in [3.05, 3.63) is 28.2 Å². The molecule has 2 rings (SSSR count). The molecule has 1 N–H and O–H groups in total. The zero-order chi connectivity index (χ0) is 17.5. The van der Waals surface area contributed by atoms with Crippen molar-refractivity contribution < 1.29 is 13.9 Å². The molecule has 0 aromatic carbocycles. The predicted molar refractivity (Wildman–Crippen MR) is 86.2 cm³/mol. The van der Waals surface area contributed by atoms with Crippen LogP contribution in [0, 0.1) is 17.1 Å². The molecule has 0 bridgehead atoms. The fourth-order valence-corrected chi connectivity index (χ4v) is 3.29. The second-order valence-electron chi connectivity index (χ2n) is 7.22. The molecule has 0 unspecified atom stereocenters. The summed E-state index contributed by atoms with van der Waals surface area (Å²) >= 11 is 3.15. The smallest absolute Gasteiger partial charge is 0.408 e. The molecule has 5 nitrogen and oxygen atoms in total. The Labute approximate surface area is 143 Å². The van der Waals surface area contributed by atoms with Gasteiger partial charge in [0.25, 0.3) is 0 Å². The van der Waals surface area contributed by atoms with Crippen LogP contribution in [-0.4, -0.2) is 22.2 Å². The number of carbonyl (C=O) groups excluding carboxylic acids is 1. The van der Waals surface area contributed by atoms with Crippen molar-refractivity contribution in [2.75, 3.05) is 0 Å². The number of nitrogens with one attached hydrogen (secondary N) is 1. The van der Waals surface area contributed by atoms with E-state index in [1.165, 1.54) is 12.3 Å². The van der Waals surface area contributed by atoms with E-state index in [9.17, 15) is 14.4 Å². The third-order valence-corrected chi connectivity index (χ3v) is 4.10. The average molecular weight is 384 g/mol. The van der Waals surface area contributed by atoms with E-state index < -0.39 is 28.5 Å². The number of alkyl carbamates (subject to hydrolysis) is 1. The Kier molecular flexibility index (Phi) is 4.42. The zero-order valence-corrected chi connectivity index (χ0v) is 15.1. The van der Waals surface area contributed by atoms with Crippen LogP contribution in [0.25, 0.3) is 0 Å². The maximum atomic E-state index is 14.1. The predicted octanol–water partition coefficient (Wildman–Crippen LogP) is 3.82. The number of hydrogen-bond donors (Lipinski definition) is 1. The van der Waals surface area contributed by atoms with Crippen LogP contribution in [-0.2, 0) is 10.2 Å². The van der Waals surface area contributed by atoms with Crippen LogP contribution in [0.1, 0.15) is 46.2 Å². The molecule has 1 saturated carbocycles. The molecule has 1 amide bonds. The average Bonchev–Trinajstić information content (AvgIpc) is 2.33. The van der Waals surface area contributed by atoms with Crippen LogP contribution in [0.5, 0.6) is 0 Å².